The smallest absolute Gasteiger partial charge is 0.255 e. The van der Waals surface area contributed by atoms with Crippen LogP contribution in [0.1, 0.15) is 43.0 Å². The molecule has 0 aliphatic carbocycles. The quantitative estimate of drug-likeness (QED) is 0.505. The Balaban J connectivity index is 1.54. The minimum absolute atomic E-state index is 0.119. The summed E-state index contributed by atoms with van der Waals surface area (Å²) >= 11 is 6.14. The molecule has 8 heteroatoms. The van der Waals surface area contributed by atoms with E-state index in [9.17, 15) is 4.79 Å². The van der Waals surface area contributed by atoms with Crippen LogP contribution < -0.4 is 15.8 Å². The highest BCUT2D eigenvalue weighted by molar-refractivity contribution is 6.33. The summed E-state index contributed by atoms with van der Waals surface area (Å²) in [5.41, 5.74) is 6.74. The number of amides is 1. The number of rotatable bonds is 8. The van der Waals surface area contributed by atoms with E-state index >= 15 is 0 Å². The zero-order valence-electron chi connectivity index (χ0n) is 16.4. The highest BCUT2D eigenvalue weighted by Gasteiger charge is 2.26. The van der Waals surface area contributed by atoms with Gasteiger partial charge in [0.15, 0.2) is 6.29 Å². The molecule has 2 aliphatic heterocycles. The fourth-order valence-electron chi connectivity index (χ4n) is 3.44. The van der Waals surface area contributed by atoms with E-state index in [1.165, 1.54) is 0 Å². The molecule has 7 nitrogen and oxygen atoms in total. The molecule has 1 amide bonds. The first-order valence-corrected chi connectivity index (χ1v) is 10.4. The van der Waals surface area contributed by atoms with Crippen molar-refractivity contribution in [1.29, 1.82) is 0 Å². The number of anilines is 1. The number of nitrogen functional groups attached to an aromatic ring is 1. The number of benzene rings is 1. The van der Waals surface area contributed by atoms with Crippen LogP contribution in [0.5, 0.6) is 5.75 Å². The van der Waals surface area contributed by atoms with E-state index in [1.54, 1.807) is 12.1 Å². The lowest BCUT2D eigenvalue weighted by Gasteiger charge is -2.33. The van der Waals surface area contributed by atoms with Crippen molar-refractivity contribution in [2.75, 3.05) is 45.2 Å². The van der Waals surface area contributed by atoms with Gasteiger partial charge in [-0.25, -0.2) is 0 Å². The van der Waals surface area contributed by atoms with Gasteiger partial charge in [0.2, 0.25) is 0 Å². The van der Waals surface area contributed by atoms with Crippen molar-refractivity contribution in [1.82, 2.24) is 10.2 Å². The summed E-state index contributed by atoms with van der Waals surface area (Å²) in [6, 6.07) is 3.35. The first-order valence-electron chi connectivity index (χ1n) is 10.0. The van der Waals surface area contributed by atoms with Gasteiger partial charge in [-0.15, -0.1) is 0 Å². The molecule has 3 rings (SSSR count). The fraction of sp³-hybridized carbons (Fsp3) is 0.650. The molecule has 3 N–H and O–H groups in total. The van der Waals surface area contributed by atoms with Gasteiger partial charge in [0.25, 0.3) is 5.91 Å². The van der Waals surface area contributed by atoms with Crippen molar-refractivity contribution in [3.05, 3.63) is 22.7 Å². The van der Waals surface area contributed by atoms with Crippen molar-refractivity contribution in [2.24, 2.45) is 0 Å². The minimum Gasteiger partial charge on any atom is -0.493 e. The molecule has 0 spiro atoms. The van der Waals surface area contributed by atoms with Gasteiger partial charge < -0.3 is 25.3 Å². The predicted octanol–water partition coefficient (Wildman–Crippen LogP) is 2.67. The van der Waals surface area contributed by atoms with Gasteiger partial charge in [-0.2, -0.15) is 0 Å². The molecule has 2 heterocycles. The average Bonchev–Trinajstić information content (AvgIpc) is 3.19. The molecule has 156 valence electrons. The Labute approximate surface area is 171 Å². The molecule has 0 bridgehead atoms. The maximum absolute atomic E-state index is 12.8. The van der Waals surface area contributed by atoms with Gasteiger partial charge >= 0.3 is 0 Å². The average molecular weight is 412 g/mol. The third kappa shape index (κ3) is 5.73. The van der Waals surface area contributed by atoms with Crippen molar-refractivity contribution in [3.8, 4) is 5.75 Å². The second-order valence-corrected chi connectivity index (χ2v) is 7.70. The molecule has 0 unspecified atom stereocenters. The largest absolute Gasteiger partial charge is 0.493 e. The molecule has 2 fully saturated rings. The Morgan fingerprint density at radius 3 is 2.71 bits per heavy atom. The van der Waals surface area contributed by atoms with Crippen molar-refractivity contribution in [3.63, 3.8) is 0 Å². The monoisotopic (exact) mass is 411 g/mol. The highest BCUT2D eigenvalue weighted by atomic mass is 35.5. The Morgan fingerprint density at radius 2 is 2.04 bits per heavy atom. The van der Waals surface area contributed by atoms with E-state index < -0.39 is 0 Å². The van der Waals surface area contributed by atoms with Crippen LogP contribution in [-0.4, -0.2) is 62.6 Å². The summed E-state index contributed by atoms with van der Waals surface area (Å²) in [7, 11) is 0. The van der Waals surface area contributed by atoms with Gasteiger partial charge in [0.05, 0.1) is 36.1 Å². The SMILES string of the molecule is CCCCOc1cc(N)c(Cl)cc1C(=O)NC1CCN(CC2OCCO2)CC1. The summed E-state index contributed by atoms with van der Waals surface area (Å²) in [6.07, 6.45) is 3.57. The number of ether oxygens (including phenoxy) is 3. The molecule has 28 heavy (non-hydrogen) atoms. The molecule has 0 atom stereocenters. The molecule has 2 saturated heterocycles. The number of likely N-dealkylation sites (tertiary alicyclic amines) is 1. The molecule has 0 radical (unpaired) electrons. The first-order chi connectivity index (χ1) is 13.6. The summed E-state index contributed by atoms with van der Waals surface area (Å²) in [6.45, 7) is 6.55. The van der Waals surface area contributed by atoms with Crippen LogP contribution in [0, 0.1) is 0 Å². The zero-order chi connectivity index (χ0) is 19.9. The van der Waals surface area contributed by atoms with Crippen LogP contribution in [-0.2, 0) is 9.47 Å². The maximum Gasteiger partial charge on any atom is 0.255 e. The number of piperidine rings is 1. The minimum atomic E-state index is -0.172. The molecule has 0 saturated carbocycles. The topological polar surface area (TPSA) is 86.0 Å². The lowest BCUT2D eigenvalue weighted by Crippen LogP contribution is -2.46. The number of nitrogens with one attached hydrogen (secondary N) is 1. The summed E-state index contributed by atoms with van der Waals surface area (Å²) in [5, 5.41) is 3.48. The number of unbranched alkanes of at least 4 members (excludes halogenated alkanes) is 1. The van der Waals surface area contributed by atoms with Crippen LogP contribution >= 0.6 is 11.6 Å². The first kappa shape index (κ1) is 21.2. The van der Waals surface area contributed by atoms with Gasteiger partial charge in [0.1, 0.15) is 5.75 Å². The van der Waals surface area contributed by atoms with Crippen LogP contribution in [0.15, 0.2) is 12.1 Å². The summed E-state index contributed by atoms with van der Waals surface area (Å²) in [4.78, 5) is 15.2. The molecule has 0 aromatic heterocycles. The fourth-order valence-corrected chi connectivity index (χ4v) is 3.60. The van der Waals surface area contributed by atoms with E-state index in [0.717, 1.165) is 45.3 Å². The Morgan fingerprint density at radius 1 is 1.32 bits per heavy atom. The van der Waals surface area contributed by atoms with Crippen LogP contribution in [0.4, 0.5) is 5.69 Å². The second kappa shape index (κ2) is 10.3. The van der Waals surface area contributed by atoms with Gasteiger partial charge in [0, 0.05) is 31.7 Å². The lowest BCUT2D eigenvalue weighted by atomic mass is 10.0. The number of nitrogens with two attached hydrogens (primary N) is 1. The highest BCUT2D eigenvalue weighted by Crippen LogP contribution is 2.29. The molecule has 2 aliphatic rings. The van der Waals surface area contributed by atoms with Crippen molar-refractivity contribution >= 4 is 23.2 Å². The normalized spacial score (nSPS) is 19.1. The van der Waals surface area contributed by atoms with Gasteiger partial charge in [-0.05, 0) is 25.3 Å². The lowest BCUT2D eigenvalue weighted by molar-refractivity contribution is -0.0650. The van der Waals surface area contributed by atoms with E-state index in [2.05, 4.69) is 17.1 Å². The van der Waals surface area contributed by atoms with Crippen LogP contribution in [0.25, 0.3) is 0 Å². The predicted molar refractivity (Wildman–Crippen MR) is 109 cm³/mol. The zero-order valence-corrected chi connectivity index (χ0v) is 17.2. The number of hydrogen-bond acceptors (Lipinski definition) is 6. The summed E-state index contributed by atoms with van der Waals surface area (Å²) < 4.78 is 16.8. The Kier molecular flexibility index (Phi) is 7.79. The van der Waals surface area contributed by atoms with E-state index in [1.807, 2.05) is 0 Å². The third-order valence-corrected chi connectivity index (χ3v) is 5.45. The van der Waals surface area contributed by atoms with Crippen LogP contribution in [0.2, 0.25) is 5.02 Å². The van der Waals surface area contributed by atoms with Gasteiger partial charge in [-0.3, -0.25) is 9.69 Å². The number of halogens is 1. The van der Waals surface area contributed by atoms with Crippen molar-refractivity contribution in [2.45, 2.75) is 44.9 Å². The number of carbonyl (C=O) groups is 1. The van der Waals surface area contributed by atoms with E-state index in [-0.39, 0.29) is 18.2 Å². The molecular weight excluding hydrogens is 382 g/mol. The number of carbonyl (C=O) groups excluding carboxylic acids is 1. The second-order valence-electron chi connectivity index (χ2n) is 7.29. The Hall–Kier alpha value is -1.54. The Bertz CT molecular complexity index is 659. The van der Waals surface area contributed by atoms with Crippen LogP contribution in [0.3, 0.4) is 0 Å². The maximum atomic E-state index is 12.8. The molecule has 1 aromatic rings. The standard InChI is InChI=1S/C20H30ClN3O4/c1-2-3-8-26-18-12-17(22)16(21)11-15(18)20(25)23-14-4-6-24(7-5-14)13-19-27-9-10-28-19/h11-12,14,19H,2-10,13,22H2,1H3,(H,23,25). The van der Waals surface area contributed by atoms with E-state index in [0.29, 0.717) is 41.8 Å². The van der Waals surface area contributed by atoms with Crippen molar-refractivity contribution < 1.29 is 19.0 Å². The third-order valence-electron chi connectivity index (χ3n) is 5.12. The number of nitrogens with zero attached hydrogens (tertiary/aromatic N) is 1. The molecule has 1 aromatic carbocycles. The summed E-state index contributed by atoms with van der Waals surface area (Å²) in [5.74, 6) is 0.315. The number of hydrogen-bond donors (Lipinski definition) is 2. The van der Waals surface area contributed by atoms with E-state index in [4.69, 9.17) is 31.5 Å². The molecular formula is C20H30ClN3O4. The van der Waals surface area contributed by atoms with Gasteiger partial charge in [-0.1, -0.05) is 24.9 Å².